The Balaban J connectivity index is 1.64. The highest BCUT2D eigenvalue weighted by atomic mass is 19.1. The number of halogens is 1. The van der Waals surface area contributed by atoms with Crippen molar-refractivity contribution in [3.63, 3.8) is 0 Å². The van der Waals surface area contributed by atoms with Crippen LogP contribution in [0, 0.1) is 5.82 Å². The van der Waals surface area contributed by atoms with Crippen LogP contribution in [0.3, 0.4) is 0 Å². The molecule has 0 aliphatic carbocycles. The number of rotatable bonds is 6. The van der Waals surface area contributed by atoms with E-state index < -0.39 is 0 Å². The zero-order chi connectivity index (χ0) is 22.6. The zero-order valence-electron chi connectivity index (χ0n) is 19.0. The van der Waals surface area contributed by atoms with E-state index in [2.05, 4.69) is 40.9 Å². The Kier molecular flexibility index (Phi) is 7.23. The number of hydrogen-bond acceptors (Lipinski definition) is 6. The van der Waals surface area contributed by atoms with E-state index >= 15 is 0 Å². The van der Waals surface area contributed by atoms with Gasteiger partial charge in [-0.3, -0.25) is 9.69 Å². The Morgan fingerprint density at radius 2 is 1.90 bits per heavy atom. The van der Waals surface area contributed by atoms with Crippen molar-refractivity contribution in [2.45, 2.75) is 45.8 Å². The number of nitrogens with one attached hydrogen (secondary N) is 1. The van der Waals surface area contributed by atoms with Gasteiger partial charge in [-0.1, -0.05) is 26.8 Å². The molecule has 8 heteroatoms. The standard InChI is InChI=1S/C23H32FN5O2/c1-16(21(30)25-18-8-6-7-17(24)13-18)28-9-11-29(12-10-28)20-14-19(15-31-5)26-22(27-20)23(2,3)4/h6-8,13-14,16H,9-12,15H2,1-5H3,(H,25,30). The van der Waals surface area contributed by atoms with E-state index in [1.807, 2.05) is 13.0 Å². The van der Waals surface area contributed by atoms with E-state index in [0.29, 0.717) is 12.3 Å². The maximum Gasteiger partial charge on any atom is 0.241 e. The Labute approximate surface area is 183 Å². The fourth-order valence-corrected chi connectivity index (χ4v) is 3.52. The van der Waals surface area contributed by atoms with E-state index in [4.69, 9.17) is 9.72 Å². The molecule has 2 heterocycles. The van der Waals surface area contributed by atoms with Gasteiger partial charge in [-0.25, -0.2) is 14.4 Å². The summed E-state index contributed by atoms with van der Waals surface area (Å²) in [7, 11) is 1.66. The van der Waals surface area contributed by atoms with Crippen LogP contribution in [-0.4, -0.2) is 60.1 Å². The molecule has 0 spiro atoms. The van der Waals surface area contributed by atoms with E-state index in [0.717, 1.165) is 43.5 Å². The van der Waals surface area contributed by atoms with Crippen LogP contribution >= 0.6 is 0 Å². The van der Waals surface area contributed by atoms with Crippen molar-refractivity contribution in [2.24, 2.45) is 0 Å². The lowest BCUT2D eigenvalue weighted by Gasteiger charge is -2.38. The summed E-state index contributed by atoms with van der Waals surface area (Å²) in [6, 6.07) is 7.61. The molecule has 3 rings (SSSR count). The highest BCUT2D eigenvalue weighted by Gasteiger charge is 2.27. The van der Waals surface area contributed by atoms with Crippen LogP contribution in [0.1, 0.15) is 39.2 Å². The first-order valence-electron chi connectivity index (χ1n) is 10.6. The van der Waals surface area contributed by atoms with E-state index in [1.54, 1.807) is 19.2 Å². The third kappa shape index (κ3) is 5.98. The van der Waals surface area contributed by atoms with Gasteiger partial charge in [0, 0.05) is 50.5 Å². The summed E-state index contributed by atoms with van der Waals surface area (Å²) >= 11 is 0. The Bertz CT molecular complexity index is 907. The van der Waals surface area contributed by atoms with Crippen molar-refractivity contribution >= 4 is 17.4 Å². The molecule has 1 aliphatic heterocycles. The number of nitrogens with zero attached hydrogens (tertiary/aromatic N) is 4. The van der Waals surface area contributed by atoms with Crippen LogP contribution < -0.4 is 10.2 Å². The number of ether oxygens (including phenoxy) is 1. The van der Waals surface area contributed by atoms with Crippen LogP contribution in [0.2, 0.25) is 0 Å². The second-order valence-corrected chi connectivity index (χ2v) is 8.92. The molecule has 2 aromatic rings. The number of benzene rings is 1. The minimum atomic E-state index is -0.369. The number of carbonyl (C=O) groups excluding carboxylic acids is 1. The van der Waals surface area contributed by atoms with Crippen LogP contribution in [0.25, 0.3) is 0 Å². The topological polar surface area (TPSA) is 70.6 Å². The molecule has 1 unspecified atom stereocenters. The molecule has 0 bridgehead atoms. The number of methoxy groups -OCH3 is 1. The van der Waals surface area contributed by atoms with Crippen LogP contribution in [0.4, 0.5) is 15.9 Å². The minimum absolute atomic E-state index is 0.140. The molecule has 1 fully saturated rings. The lowest BCUT2D eigenvalue weighted by molar-refractivity contribution is -0.120. The van der Waals surface area contributed by atoms with E-state index in [-0.39, 0.29) is 23.2 Å². The molecule has 1 aromatic carbocycles. The molecule has 1 atom stereocenters. The van der Waals surface area contributed by atoms with Crippen LogP contribution in [0.5, 0.6) is 0 Å². The number of amides is 1. The Hall–Kier alpha value is -2.58. The molecular formula is C23H32FN5O2. The van der Waals surface area contributed by atoms with Gasteiger partial charge in [0.05, 0.1) is 18.3 Å². The highest BCUT2D eigenvalue weighted by Crippen LogP contribution is 2.24. The maximum atomic E-state index is 13.4. The molecular weight excluding hydrogens is 397 g/mol. The minimum Gasteiger partial charge on any atom is -0.378 e. The molecule has 7 nitrogen and oxygen atoms in total. The second-order valence-electron chi connectivity index (χ2n) is 8.92. The van der Waals surface area contributed by atoms with Crippen LogP contribution in [-0.2, 0) is 21.6 Å². The summed E-state index contributed by atoms with van der Waals surface area (Å²) in [6.07, 6.45) is 0. The smallest absolute Gasteiger partial charge is 0.241 e. The van der Waals surface area contributed by atoms with Crippen molar-refractivity contribution in [1.82, 2.24) is 14.9 Å². The molecule has 0 saturated carbocycles. The monoisotopic (exact) mass is 429 g/mol. The summed E-state index contributed by atoms with van der Waals surface area (Å²) in [5, 5.41) is 2.80. The molecule has 1 aromatic heterocycles. The lowest BCUT2D eigenvalue weighted by atomic mass is 9.95. The van der Waals surface area contributed by atoms with E-state index in [1.165, 1.54) is 12.1 Å². The summed E-state index contributed by atoms with van der Waals surface area (Å²) in [5.41, 5.74) is 1.17. The third-order valence-corrected chi connectivity index (χ3v) is 5.39. The van der Waals surface area contributed by atoms with Gasteiger partial charge in [-0.15, -0.1) is 0 Å². The van der Waals surface area contributed by atoms with Crippen molar-refractivity contribution in [3.05, 3.63) is 47.7 Å². The second kappa shape index (κ2) is 9.70. The molecule has 1 N–H and O–H groups in total. The number of hydrogen-bond donors (Lipinski definition) is 1. The maximum absolute atomic E-state index is 13.4. The largest absolute Gasteiger partial charge is 0.378 e. The SMILES string of the molecule is COCc1cc(N2CCN(C(C)C(=O)Nc3cccc(F)c3)CC2)nc(C(C)(C)C)n1. The zero-order valence-corrected chi connectivity index (χ0v) is 19.0. The first kappa shape index (κ1) is 23.1. The molecule has 31 heavy (non-hydrogen) atoms. The summed E-state index contributed by atoms with van der Waals surface area (Å²) in [5.74, 6) is 1.18. The van der Waals surface area contributed by atoms with Gasteiger partial charge in [-0.05, 0) is 25.1 Å². The first-order chi connectivity index (χ1) is 14.7. The quantitative estimate of drug-likeness (QED) is 0.760. The Morgan fingerprint density at radius 3 is 2.52 bits per heavy atom. The van der Waals surface area contributed by atoms with Crippen molar-refractivity contribution < 1.29 is 13.9 Å². The summed E-state index contributed by atoms with van der Waals surface area (Å²) in [4.78, 5) is 26.4. The van der Waals surface area contributed by atoms with Crippen molar-refractivity contribution in [1.29, 1.82) is 0 Å². The summed E-state index contributed by atoms with van der Waals surface area (Å²) < 4.78 is 18.7. The van der Waals surface area contributed by atoms with Gasteiger partial charge in [0.15, 0.2) is 0 Å². The third-order valence-electron chi connectivity index (χ3n) is 5.39. The Morgan fingerprint density at radius 1 is 1.19 bits per heavy atom. The molecule has 1 aliphatic rings. The molecule has 0 radical (unpaired) electrons. The number of anilines is 2. The average molecular weight is 430 g/mol. The molecule has 1 amide bonds. The predicted molar refractivity (Wildman–Crippen MR) is 120 cm³/mol. The van der Waals surface area contributed by atoms with Gasteiger partial charge >= 0.3 is 0 Å². The summed E-state index contributed by atoms with van der Waals surface area (Å²) in [6.45, 7) is 11.6. The van der Waals surface area contributed by atoms with Crippen LogP contribution in [0.15, 0.2) is 30.3 Å². The average Bonchev–Trinajstić information content (AvgIpc) is 2.73. The number of aromatic nitrogens is 2. The molecule has 1 saturated heterocycles. The first-order valence-corrected chi connectivity index (χ1v) is 10.6. The predicted octanol–water partition coefficient (Wildman–Crippen LogP) is 3.21. The fraction of sp³-hybridized carbons (Fsp3) is 0.522. The van der Waals surface area contributed by atoms with E-state index in [9.17, 15) is 9.18 Å². The van der Waals surface area contributed by atoms with Gasteiger partial charge in [0.1, 0.15) is 17.5 Å². The number of carbonyl (C=O) groups is 1. The van der Waals surface area contributed by atoms with Gasteiger partial charge in [0.25, 0.3) is 0 Å². The number of piperazine rings is 1. The van der Waals surface area contributed by atoms with Gasteiger partial charge < -0.3 is 15.0 Å². The molecule has 168 valence electrons. The fourth-order valence-electron chi connectivity index (χ4n) is 3.52. The van der Waals surface area contributed by atoms with Gasteiger partial charge in [-0.2, -0.15) is 0 Å². The van der Waals surface area contributed by atoms with Crippen molar-refractivity contribution in [2.75, 3.05) is 43.5 Å². The van der Waals surface area contributed by atoms with Crippen molar-refractivity contribution in [3.8, 4) is 0 Å². The van der Waals surface area contributed by atoms with Gasteiger partial charge in [0.2, 0.25) is 5.91 Å². The normalized spacial score (nSPS) is 16.3. The highest BCUT2D eigenvalue weighted by molar-refractivity contribution is 5.94. The lowest BCUT2D eigenvalue weighted by Crippen LogP contribution is -2.53.